The third-order valence-corrected chi connectivity index (χ3v) is 7.03. The number of halogens is 1. The van der Waals surface area contributed by atoms with E-state index in [2.05, 4.69) is 9.97 Å². The molecule has 41 heavy (non-hydrogen) atoms. The molecule has 4 aromatic rings. The quantitative estimate of drug-likeness (QED) is 0.224. The second-order valence-electron chi connectivity index (χ2n) is 9.70. The third-order valence-electron chi connectivity index (χ3n) is 5.79. The van der Waals surface area contributed by atoms with Gasteiger partial charge in [-0.3, -0.25) is 4.79 Å². The van der Waals surface area contributed by atoms with Crippen LogP contribution < -0.4 is 19.9 Å². The van der Waals surface area contributed by atoms with Crippen molar-refractivity contribution in [2.24, 2.45) is 5.92 Å². The molecule has 4 rings (SSSR count). The van der Waals surface area contributed by atoms with E-state index in [0.717, 1.165) is 12.0 Å². The first kappa shape index (κ1) is 29.5. The smallest absolute Gasteiger partial charge is 0.281 e. The fourth-order valence-corrected chi connectivity index (χ4v) is 4.78. The maximum absolute atomic E-state index is 14.4. The number of hydrogen-bond acceptors (Lipinski definition) is 8. The monoisotopic (exact) mass is 578 g/mol. The van der Waals surface area contributed by atoms with Gasteiger partial charge in [-0.1, -0.05) is 50.2 Å². The Morgan fingerprint density at radius 1 is 0.976 bits per heavy atom. The van der Waals surface area contributed by atoms with Crippen molar-refractivity contribution < 1.29 is 27.1 Å². The van der Waals surface area contributed by atoms with E-state index in [-0.39, 0.29) is 29.8 Å². The molecule has 0 saturated carbocycles. The molecule has 0 unspecified atom stereocenters. The number of nitrogens with two attached hydrogens (primary N) is 1. The minimum absolute atomic E-state index is 0.0133. The number of benzene rings is 2. The largest absolute Gasteiger partial charge is 0.493 e. The van der Waals surface area contributed by atoms with Crippen molar-refractivity contribution in [2.75, 3.05) is 18.9 Å². The third kappa shape index (κ3) is 8.24. The molecule has 3 N–H and O–H groups in total. The number of nitrogen functional groups attached to an aromatic ring is 1. The maximum Gasteiger partial charge on any atom is 0.281 e. The van der Waals surface area contributed by atoms with Crippen molar-refractivity contribution in [1.29, 1.82) is 0 Å². The van der Waals surface area contributed by atoms with Crippen LogP contribution in [0.25, 0.3) is 11.3 Å². The van der Waals surface area contributed by atoms with Gasteiger partial charge in [0.1, 0.15) is 22.9 Å². The van der Waals surface area contributed by atoms with E-state index in [1.807, 2.05) is 48.9 Å². The highest BCUT2D eigenvalue weighted by Gasteiger charge is 2.24. The summed E-state index contributed by atoms with van der Waals surface area (Å²) in [5.74, 6) is -1.02. The number of aryl methyl sites for hydroxylation is 1. The van der Waals surface area contributed by atoms with Crippen molar-refractivity contribution in [1.82, 2.24) is 14.7 Å². The Balaban J connectivity index is 1.61. The lowest BCUT2D eigenvalue weighted by Crippen LogP contribution is -2.31. The van der Waals surface area contributed by atoms with E-state index in [4.69, 9.17) is 15.2 Å². The number of pyridine rings is 2. The average Bonchev–Trinajstić information content (AvgIpc) is 2.94. The second kappa shape index (κ2) is 13.2. The van der Waals surface area contributed by atoms with Crippen LogP contribution in [-0.4, -0.2) is 37.5 Å². The summed E-state index contributed by atoms with van der Waals surface area (Å²) < 4.78 is 53.6. The molecular weight excluding hydrogens is 547 g/mol. The van der Waals surface area contributed by atoms with Crippen LogP contribution in [0.5, 0.6) is 11.6 Å². The second-order valence-corrected chi connectivity index (χ2v) is 11.3. The van der Waals surface area contributed by atoms with E-state index < -0.39 is 26.8 Å². The lowest BCUT2D eigenvalue weighted by Gasteiger charge is -2.14. The molecule has 2 aromatic heterocycles. The fourth-order valence-electron chi connectivity index (χ4n) is 3.84. The highest BCUT2D eigenvalue weighted by atomic mass is 32.2. The standard InChI is InChI=1S/C30H31FN4O5S/c1-20(2)19-40-24-17-22(16-23(31)18-24)26-14-13-25(29(36)35-41(37,38)28-12-6-11-27(32)34-28)30(33-26)39-15-7-10-21-8-4-3-5-9-21/h3-6,8-9,11-14,16-18,20H,7,10,15,19H2,1-2H3,(H2,32,34)(H,35,36). The number of nitrogens with zero attached hydrogens (tertiary/aromatic N) is 2. The molecule has 0 aliphatic carbocycles. The molecule has 0 bridgehead atoms. The molecule has 0 aliphatic rings. The minimum atomic E-state index is -4.34. The number of ether oxygens (including phenoxy) is 2. The average molecular weight is 579 g/mol. The SMILES string of the molecule is CC(C)COc1cc(F)cc(-c2ccc(C(=O)NS(=O)(=O)c3cccc(N)n3)c(OCCCc3ccccc3)n2)c1. The van der Waals surface area contributed by atoms with Crippen LogP contribution in [0, 0.1) is 11.7 Å². The van der Waals surface area contributed by atoms with Gasteiger partial charge in [-0.05, 0) is 60.7 Å². The molecule has 0 aliphatic heterocycles. The summed E-state index contributed by atoms with van der Waals surface area (Å²) >= 11 is 0. The van der Waals surface area contributed by atoms with Gasteiger partial charge in [0.2, 0.25) is 5.88 Å². The summed E-state index contributed by atoms with van der Waals surface area (Å²) in [4.78, 5) is 21.4. The number of sulfonamides is 1. The molecule has 2 heterocycles. The summed E-state index contributed by atoms with van der Waals surface area (Å²) in [5.41, 5.74) is 7.32. The number of aromatic nitrogens is 2. The summed E-state index contributed by atoms with van der Waals surface area (Å²) in [6.07, 6.45) is 1.33. The van der Waals surface area contributed by atoms with Gasteiger partial charge >= 0.3 is 0 Å². The Morgan fingerprint density at radius 2 is 1.76 bits per heavy atom. The first-order valence-electron chi connectivity index (χ1n) is 13.0. The summed E-state index contributed by atoms with van der Waals surface area (Å²) in [6.45, 7) is 4.56. The van der Waals surface area contributed by atoms with Gasteiger partial charge in [-0.15, -0.1) is 0 Å². The number of nitrogens with one attached hydrogen (secondary N) is 1. The molecule has 1 amide bonds. The van der Waals surface area contributed by atoms with Crippen LogP contribution in [0.3, 0.4) is 0 Å². The fraction of sp³-hybridized carbons (Fsp3) is 0.233. The van der Waals surface area contributed by atoms with E-state index >= 15 is 0 Å². The van der Waals surface area contributed by atoms with Crippen LogP contribution in [0.4, 0.5) is 10.2 Å². The van der Waals surface area contributed by atoms with Gasteiger partial charge < -0.3 is 15.2 Å². The molecule has 2 aromatic carbocycles. The van der Waals surface area contributed by atoms with Crippen LogP contribution >= 0.6 is 0 Å². The molecule has 0 atom stereocenters. The Bertz CT molecular complexity index is 1610. The van der Waals surface area contributed by atoms with Gasteiger partial charge in [0.15, 0.2) is 5.03 Å². The summed E-state index contributed by atoms with van der Waals surface area (Å²) in [6, 6.07) is 20.9. The lowest BCUT2D eigenvalue weighted by molar-refractivity contribution is 0.0976. The van der Waals surface area contributed by atoms with E-state index in [1.165, 1.54) is 42.5 Å². The lowest BCUT2D eigenvalue weighted by atomic mass is 10.1. The van der Waals surface area contributed by atoms with Gasteiger partial charge in [-0.25, -0.2) is 19.1 Å². The molecule has 9 nitrogen and oxygen atoms in total. The number of rotatable bonds is 12. The van der Waals surface area contributed by atoms with E-state index in [1.54, 1.807) is 6.07 Å². The van der Waals surface area contributed by atoms with Crippen molar-refractivity contribution in [3.05, 3.63) is 95.8 Å². The van der Waals surface area contributed by atoms with Crippen LogP contribution in [0.1, 0.15) is 36.2 Å². The number of carbonyl (C=O) groups excluding carboxylic acids is 1. The van der Waals surface area contributed by atoms with Crippen LogP contribution in [-0.2, 0) is 16.4 Å². The number of amides is 1. The van der Waals surface area contributed by atoms with Crippen LogP contribution in [0.2, 0.25) is 0 Å². The number of anilines is 1. The highest BCUT2D eigenvalue weighted by Crippen LogP contribution is 2.28. The zero-order valence-electron chi connectivity index (χ0n) is 22.7. The Kier molecular flexibility index (Phi) is 9.51. The molecular formula is C30H31FN4O5S. The first-order chi connectivity index (χ1) is 19.6. The Morgan fingerprint density at radius 3 is 2.49 bits per heavy atom. The van der Waals surface area contributed by atoms with Gasteiger partial charge in [0, 0.05) is 11.6 Å². The topological polar surface area (TPSA) is 134 Å². The Hall–Kier alpha value is -4.51. The summed E-state index contributed by atoms with van der Waals surface area (Å²) in [7, 11) is -4.34. The van der Waals surface area contributed by atoms with Crippen molar-refractivity contribution in [2.45, 2.75) is 31.7 Å². The molecule has 0 radical (unpaired) electrons. The number of hydrogen-bond donors (Lipinski definition) is 2. The molecule has 11 heteroatoms. The van der Waals surface area contributed by atoms with Crippen LogP contribution in [0.15, 0.2) is 83.9 Å². The normalized spacial score (nSPS) is 11.3. The van der Waals surface area contributed by atoms with E-state index in [9.17, 15) is 17.6 Å². The number of carbonyl (C=O) groups is 1. The Labute approximate surface area is 238 Å². The zero-order chi connectivity index (χ0) is 29.4. The van der Waals surface area contributed by atoms with E-state index in [0.29, 0.717) is 30.0 Å². The molecule has 0 fully saturated rings. The van der Waals surface area contributed by atoms with Gasteiger partial charge in [0.05, 0.1) is 18.9 Å². The molecule has 0 spiro atoms. The zero-order valence-corrected chi connectivity index (χ0v) is 23.5. The first-order valence-corrected chi connectivity index (χ1v) is 14.5. The van der Waals surface area contributed by atoms with Crippen molar-refractivity contribution in [3.63, 3.8) is 0 Å². The van der Waals surface area contributed by atoms with Gasteiger partial charge in [-0.2, -0.15) is 8.42 Å². The van der Waals surface area contributed by atoms with Crippen molar-refractivity contribution >= 4 is 21.7 Å². The maximum atomic E-state index is 14.4. The predicted octanol–water partition coefficient (Wildman–Crippen LogP) is 5.03. The van der Waals surface area contributed by atoms with Crippen molar-refractivity contribution in [3.8, 4) is 22.9 Å². The predicted molar refractivity (Wildman–Crippen MR) is 154 cm³/mol. The summed E-state index contributed by atoms with van der Waals surface area (Å²) in [5, 5.41) is -0.408. The molecule has 0 saturated heterocycles. The van der Waals surface area contributed by atoms with Gasteiger partial charge in [0.25, 0.3) is 15.9 Å². The minimum Gasteiger partial charge on any atom is -0.493 e. The molecule has 214 valence electrons. The highest BCUT2D eigenvalue weighted by molar-refractivity contribution is 7.90.